The van der Waals surface area contributed by atoms with E-state index in [4.69, 9.17) is 4.74 Å². The van der Waals surface area contributed by atoms with Gasteiger partial charge in [0.1, 0.15) is 18.8 Å². The molecule has 33 heavy (non-hydrogen) atoms. The third-order valence-corrected chi connectivity index (χ3v) is 5.83. The molecule has 1 aromatic heterocycles. The van der Waals surface area contributed by atoms with Crippen molar-refractivity contribution in [3.63, 3.8) is 0 Å². The van der Waals surface area contributed by atoms with Crippen molar-refractivity contribution in [1.29, 1.82) is 0 Å². The Morgan fingerprint density at radius 1 is 0.939 bits per heavy atom. The van der Waals surface area contributed by atoms with Crippen LogP contribution in [-0.2, 0) is 22.7 Å². The van der Waals surface area contributed by atoms with Gasteiger partial charge in [-0.1, -0.05) is 25.0 Å². The number of carbonyl (C=O) groups excluding carboxylic acids is 2. The number of fused-ring (bicyclic) bond motifs is 1. The van der Waals surface area contributed by atoms with E-state index in [1.165, 1.54) is 4.57 Å². The Hall–Kier alpha value is -3.88. The zero-order valence-corrected chi connectivity index (χ0v) is 18.4. The first-order valence-electron chi connectivity index (χ1n) is 10.9. The first kappa shape index (κ1) is 22.3. The van der Waals surface area contributed by atoms with Gasteiger partial charge < -0.3 is 15.4 Å². The Labute approximate surface area is 190 Å². The number of methoxy groups -OCH3 is 1. The summed E-state index contributed by atoms with van der Waals surface area (Å²) in [6.45, 7) is -0.699. The summed E-state index contributed by atoms with van der Waals surface area (Å²) in [7, 11) is 1.55. The Morgan fingerprint density at radius 3 is 2.30 bits per heavy atom. The van der Waals surface area contributed by atoms with Gasteiger partial charge in [-0.2, -0.15) is 0 Å². The largest absolute Gasteiger partial charge is 0.497 e. The molecule has 1 heterocycles. The number of ether oxygens (including phenoxy) is 1. The normalized spacial score (nSPS) is 13.7. The molecule has 9 nitrogen and oxygen atoms in total. The first-order chi connectivity index (χ1) is 16.0. The second-order valence-corrected chi connectivity index (χ2v) is 8.10. The molecule has 0 radical (unpaired) electrons. The molecule has 1 aliphatic carbocycles. The van der Waals surface area contributed by atoms with Gasteiger partial charge in [0.15, 0.2) is 0 Å². The minimum absolute atomic E-state index is 0.0751. The van der Waals surface area contributed by atoms with Gasteiger partial charge in [-0.25, -0.2) is 4.79 Å². The molecule has 0 saturated heterocycles. The molecule has 2 aromatic carbocycles. The Kier molecular flexibility index (Phi) is 6.58. The van der Waals surface area contributed by atoms with Crippen molar-refractivity contribution in [2.45, 2.75) is 44.8 Å². The molecule has 2 amide bonds. The van der Waals surface area contributed by atoms with Crippen LogP contribution in [-0.4, -0.2) is 34.1 Å². The molecule has 0 unspecified atom stereocenters. The summed E-state index contributed by atoms with van der Waals surface area (Å²) in [6, 6.07) is 13.4. The van der Waals surface area contributed by atoms with E-state index in [0.717, 1.165) is 30.3 Å². The maximum Gasteiger partial charge on any atom is 0.332 e. The van der Waals surface area contributed by atoms with E-state index in [-0.39, 0.29) is 30.4 Å². The number of rotatable bonds is 7. The summed E-state index contributed by atoms with van der Waals surface area (Å²) in [5.41, 5.74) is -0.374. The van der Waals surface area contributed by atoms with Crippen molar-refractivity contribution in [3.8, 4) is 5.75 Å². The van der Waals surface area contributed by atoms with Crippen molar-refractivity contribution < 1.29 is 14.3 Å². The summed E-state index contributed by atoms with van der Waals surface area (Å²) in [4.78, 5) is 51.4. The van der Waals surface area contributed by atoms with Crippen LogP contribution in [0, 0.1) is 0 Å². The maximum absolute atomic E-state index is 13.2. The van der Waals surface area contributed by atoms with Crippen molar-refractivity contribution in [2.75, 3.05) is 12.4 Å². The highest BCUT2D eigenvalue weighted by Crippen LogP contribution is 2.17. The number of hydrogen-bond acceptors (Lipinski definition) is 5. The van der Waals surface area contributed by atoms with E-state index in [2.05, 4.69) is 10.6 Å². The predicted octanol–water partition coefficient (Wildman–Crippen LogP) is 1.87. The lowest BCUT2D eigenvalue weighted by atomic mass is 10.2. The van der Waals surface area contributed by atoms with E-state index in [1.807, 2.05) is 0 Å². The SMILES string of the molecule is COc1ccc(NC(=O)Cn2c(=O)n(CC(=O)NC3CCCC3)c(=O)c3ccccc32)cc1. The number of hydrogen-bond donors (Lipinski definition) is 2. The van der Waals surface area contributed by atoms with E-state index < -0.39 is 17.2 Å². The molecule has 1 aliphatic rings. The van der Waals surface area contributed by atoms with Crippen molar-refractivity contribution in [3.05, 3.63) is 69.4 Å². The summed E-state index contributed by atoms with van der Waals surface area (Å²) < 4.78 is 7.23. The highest BCUT2D eigenvalue weighted by Gasteiger charge is 2.20. The average Bonchev–Trinajstić information content (AvgIpc) is 3.33. The summed E-state index contributed by atoms with van der Waals surface area (Å²) >= 11 is 0. The molecule has 0 atom stereocenters. The van der Waals surface area contributed by atoms with Crippen LogP contribution in [0.3, 0.4) is 0 Å². The first-order valence-corrected chi connectivity index (χ1v) is 10.9. The number of aromatic nitrogens is 2. The second kappa shape index (κ2) is 9.72. The van der Waals surface area contributed by atoms with Crippen LogP contribution in [0.1, 0.15) is 25.7 Å². The van der Waals surface area contributed by atoms with Crippen molar-refractivity contribution in [2.24, 2.45) is 0 Å². The lowest BCUT2D eigenvalue weighted by Gasteiger charge is -2.16. The van der Waals surface area contributed by atoms with E-state index >= 15 is 0 Å². The van der Waals surface area contributed by atoms with Crippen molar-refractivity contribution >= 4 is 28.4 Å². The summed E-state index contributed by atoms with van der Waals surface area (Å²) in [5.74, 6) is -0.170. The second-order valence-electron chi connectivity index (χ2n) is 8.10. The minimum atomic E-state index is -0.704. The highest BCUT2D eigenvalue weighted by atomic mass is 16.5. The lowest BCUT2D eigenvalue weighted by Crippen LogP contribution is -2.46. The molecule has 3 aromatic rings. The Bertz CT molecular complexity index is 1290. The standard InChI is InChI=1S/C24H26N4O5/c1-33-18-12-10-17(11-13-18)26-21(29)14-27-20-9-5-4-8-19(20)23(31)28(24(27)32)15-22(30)25-16-6-2-3-7-16/h4-5,8-13,16H,2-3,6-7,14-15H2,1H3,(H,25,30)(H,26,29). The van der Waals surface area contributed by atoms with Crippen molar-refractivity contribution in [1.82, 2.24) is 14.5 Å². The van der Waals surface area contributed by atoms with Gasteiger partial charge in [0, 0.05) is 11.7 Å². The van der Waals surface area contributed by atoms with Crippen LogP contribution >= 0.6 is 0 Å². The fourth-order valence-electron chi connectivity index (χ4n) is 4.17. The number of para-hydroxylation sites is 1. The predicted molar refractivity (Wildman–Crippen MR) is 124 cm³/mol. The van der Waals surface area contributed by atoms with Gasteiger partial charge in [0.05, 0.1) is 18.0 Å². The van der Waals surface area contributed by atoms with Crippen LogP contribution in [0.15, 0.2) is 58.1 Å². The number of anilines is 1. The molecule has 1 saturated carbocycles. The summed E-state index contributed by atoms with van der Waals surface area (Å²) in [6.07, 6.45) is 3.90. The smallest absolute Gasteiger partial charge is 0.332 e. The molecular weight excluding hydrogens is 424 g/mol. The third-order valence-electron chi connectivity index (χ3n) is 5.83. The topological polar surface area (TPSA) is 111 Å². The fourth-order valence-corrected chi connectivity index (χ4v) is 4.17. The van der Waals surface area contributed by atoms with Gasteiger partial charge in [-0.15, -0.1) is 0 Å². The highest BCUT2D eigenvalue weighted by molar-refractivity contribution is 5.91. The van der Waals surface area contributed by atoms with E-state index in [1.54, 1.807) is 55.6 Å². The zero-order chi connectivity index (χ0) is 23.4. The zero-order valence-electron chi connectivity index (χ0n) is 18.4. The van der Waals surface area contributed by atoms with Crippen LogP contribution in [0.2, 0.25) is 0 Å². The molecule has 0 bridgehead atoms. The number of benzene rings is 2. The van der Waals surface area contributed by atoms with Gasteiger partial charge >= 0.3 is 5.69 Å². The molecule has 9 heteroatoms. The van der Waals surface area contributed by atoms with Crippen LogP contribution < -0.4 is 26.6 Å². The fraction of sp³-hybridized carbons (Fsp3) is 0.333. The number of amides is 2. The quantitative estimate of drug-likeness (QED) is 0.571. The Morgan fingerprint density at radius 2 is 1.61 bits per heavy atom. The number of carbonyl (C=O) groups is 2. The molecular formula is C24H26N4O5. The molecule has 2 N–H and O–H groups in total. The van der Waals surface area contributed by atoms with Crippen LogP contribution in [0.4, 0.5) is 5.69 Å². The molecule has 4 rings (SSSR count). The molecule has 0 spiro atoms. The lowest BCUT2D eigenvalue weighted by molar-refractivity contribution is -0.122. The van der Waals surface area contributed by atoms with Crippen LogP contribution in [0.5, 0.6) is 5.75 Å². The van der Waals surface area contributed by atoms with Gasteiger partial charge in [-0.05, 0) is 49.2 Å². The van der Waals surface area contributed by atoms with Gasteiger partial charge in [0.2, 0.25) is 11.8 Å². The van der Waals surface area contributed by atoms with E-state index in [9.17, 15) is 19.2 Å². The van der Waals surface area contributed by atoms with Crippen LogP contribution in [0.25, 0.3) is 10.9 Å². The number of nitrogens with zero attached hydrogens (tertiary/aromatic N) is 2. The Balaban J connectivity index is 1.62. The maximum atomic E-state index is 13.2. The molecule has 0 aliphatic heterocycles. The molecule has 172 valence electrons. The minimum Gasteiger partial charge on any atom is -0.497 e. The van der Waals surface area contributed by atoms with E-state index in [0.29, 0.717) is 17.0 Å². The number of nitrogens with one attached hydrogen (secondary N) is 2. The van der Waals surface area contributed by atoms with Gasteiger partial charge in [-0.3, -0.25) is 23.5 Å². The monoisotopic (exact) mass is 450 g/mol. The molecule has 1 fully saturated rings. The average molecular weight is 450 g/mol. The van der Waals surface area contributed by atoms with Gasteiger partial charge in [0.25, 0.3) is 5.56 Å². The third kappa shape index (κ3) is 4.97. The summed E-state index contributed by atoms with van der Waals surface area (Å²) in [5, 5.41) is 5.90.